The first-order valence-corrected chi connectivity index (χ1v) is 9.79. The molecule has 1 aromatic heterocycles. The number of pyridine rings is 1. The first kappa shape index (κ1) is 20.3. The molecule has 1 saturated carbocycles. The zero-order chi connectivity index (χ0) is 20.9. The van der Waals surface area contributed by atoms with Crippen molar-refractivity contribution in [2.75, 3.05) is 0 Å². The van der Waals surface area contributed by atoms with Gasteiger partial charge < -0.3 is 10.5 Å². The van der Waals surface area contributed by atoms with Gasteiger partial charge in [0.15, 0.2) is 11.3 Å². The largest absolute Gasteiger partial charge is 0.462 e. The number of aliphatic imine (C=N–C) groups is 1. The number of alkyl halides is 2. The van der Waals surface area contributed by atoms with Crippen LogP contribution in [0.1, 0.15) is 28.0 Å². The van der Waals surface area contributed by atoms with Gasteiger partial charge in [0.25, 0.3) is 12.4 Å². The average Bonchev–Trinajstić information content (AvgIpc) is 3.41. The summed E-state index contributed by atoms with van der Waals surface area (Å²) in [5, 5.41) is 0.532. The summed E-state index contributed by atoms with van der Waals surface area (Å²) in [5.74, 6) is -0.920. The van der Waals surface area contributed by atoms with E-state index < -0.39 is 24.0 Å². The summed E-state index contributed by atoms with van der Waals surface area (Å²) in [7, 11) is 0. The molecule has 0 unspecified atom stereocenters. The van der Waals surface area contributed by atoms with Crippen molar-refractivity contribution in [1.82, 2.24) is 4.98 Å². The van der Waals surface area contributed by atoms with Crippen molar-refractivity contribution in [1.29, 1.82) is 0 Å². The van der Waals surface area contributed by atoms with E-state index in [1.807, 2.05) is 0 Å². The number of carbonyl (C=O) groups excluding carboxylic acids is 1. The molecule has 10 heteroatoms. The quantitative estimate of drug-likeness (QED) is 0.658. The van der Waals surface area contributed by atoms with Crippen molar-refractivity contribution in [2.45, 2.75) is 30.9 Å². The van der Waals surface area contributed by atoms with E-state index in [0.717, 1.165) is 0 Å². The summed E-state index contributed by atoms with van der Waals surface area (Å²) in [6.45, 7) is 0. The number of ether oxygens (including phenoxy) is 1. The van der Waals surface area contributed by atoms with Crippen molar-refractivity contribution in [2.24, 2.45) is 16.6 Å². The predicted molar refractivity (Wildman–Crippen MR) is 106 cm³/mol. The third kappa shape index (κ3) is 3.56. The Morgan fingerprint density at radius 1 is 1.28 bits per heavy atom. The van der Waals surface area contributed by atoms with Crippen molar-refractivity contribution in [3.05, 3.63) is 62.4 Å². The molecule has 1 fully saturated rings. The summed E-state index contributed by atoms with van der Waals surface area (Å²) in [6, 6.07) is 5.64. The molecule has 1 aromatic carbocycles. The fourth-order valence-electron chi connectivity index (χ4n) is 3.68. The third-order valence-corrected chi connectivity index (χ3v) is 5.92. The van der Waals surface area contributed by atoms with Gasteiger partial charge in [-0.1, -0.05) is 46.9 Å². The average molecular weight is 461 g/mol. The highest BCUT2D eigenvalue weighted by molar-refractivity contribution is 6.36. The zero-order valence-corrected chi connectivity index (χ0v) is 17.0. The van der Waals surface area contributed by atoms with E-state index in [1.54, 1.807) is 6.07 Å². The number of rotatable bonds is 5. The molecule has 0 spiro atoms. The van der Waals surface area contributed by atoms with Gasteiger partial charge in [-0.05, 0) is 24.1 Å². The molecule has 5 nitrogen and oxygen atoms in total. The van der Waals surface area contributed by atoms with Gasteiger partial charge in [-0.15, -0.1) is 0 Å². The Balaban J connectivity index is 1.71. The lowest BCUT2D eigenvalue weighted by atomic mass is 9.83. The molecule has 1 aliphatic heterocycles. The van der Waals surface area contributed by atoms with E-state index in [9.17, 15) is 13.6 Å². The molecule has 29 heavy (non-hydrogen) atoms. The lowest BCUT2D eigenvalue weighted by Crippen LogP contribution is -2.43. The number of nitrogens with two attached hydrogens (primary N) is 1. The number of carbonyl (C=O) groups is 1. The van der Waals surface area contributed by atoms with E-state index in [1.165, 1.54) is 24.4 Å². The SMILES string of the molecule is NC1=N[C@@](c2cc(CC(=O)c3ncc(Cl)cc3Cl)ccc2Cl)(C(F)F)[C@H]2C[C@H]2O1. The first-order valence-electron chi connectivity index (χ1n) is 8.65. The van der Waals surface area contributed by atoms with Crippen LogP contribution in [0.2, 0.25) is 15.1 Å². The summed E-state index contributed by atoms with van der Waals surface area (Å²) in [4.78, 5) is 20.6. The smallest absolute Gasteiger partial charge is 0.283 e. The van der Waals surface area contributed by atoms with E-state index in [0.29, 0.717) is 17.0 Å². The highest BCUT2D eigenvalue weighted by atomic mass is 35.5. The molecule has 2 N–H and O–H groups in total. The second kappa shape index (κ2) is 7.38. The minimum Gasteiger partial charge on any atom is -0.462 e. The Morgan fingerprint density at radius 3 is 2.72 bits per heavy atom. The normalized spacial score (nSPS) is 25.2. The maximum Gasteiger partial charge on any atom is 0.283 e. The van der Waals surface area contributed by atoms with Gasteiger partial charge in [-0.3, -0.25) is 4.79 Å². The zero-order valence-electron chi connectivity index (χ0n) is 14.7. The van der Waals surface area contributed by atoms with E-state index >= 15 is 0 Å². The van der Waals surface area contributed by atoms with Crippen LogP contribution in [0.25, 0.3) is 0 Å². The van der Waals surface area contributed by atoms with Gasteiger partial charge in [0.1, 0.15) is 11.8 Å². The molecular formula is C19H14Cl3F2N3O2. The summed E-state index contributed by atoms with van der Waals surface area (Å²) >= 11 is 18.1. The molecule has 2 aliphatic rings. The van der Waals surface area contributed by atoms with Gasteiger partial charge in [-0.2, -0.15) is 0 Å². The molecule has 4 rings (SSSR count). The first-order chi connectivity index (χ1) is 13.7. The van der Waals surface area contributed by atoms with E-state index in [2.05, 4.69) is 9.98 Å². The highest BCUT2D eigenvalue weighted by Gasteiger charge is 2.64. The molecule has 1 aliphatic carbocycles. The Bertz CT molecular complexity index is 1030. The van der Waals surface area contributed by atoms with Crippen molar-refractivity contribution in [3.8, 4) is 0 Å². The fourth-order valence-corrected chi connectivity index (χ4v) is 4.43. The van der Waals surface area contributed by atoms with Crippen LogP contribution in [-0.4, -0.2) is 29.3 Å². The van der Waals surface area contributed by atoms with Gasteiger partial charge in [0, 0.05) is 29.1 Å². The number of halogens is 5. The lowest BCUT2D eigenvalue weighted by molar-refractivity contribution is 0.0196. The molecule has 0 amide bonds. The molecule has 0 bridgehead atoms. The highest BCUT2D eigenvalue weighted by Crippen LogP contribution is 2.56. The van der Waals surface area contributed by atoms with Crippen molar-refractivity contribution in [3.63, 3.8) is 0 Å². The molecular weight excluding hydrogens is 447 g/mol. The number of benzene rings is 1. The number of Topliss-reactive ketones (excluding diaryl/α,β-unsaturated/α-hetero) is 1. The van der Waals surface area contributed by atoms with Gasteiger partial charge in [-0.25, -0.2) is 18.8 Å². The number of fused-ring (bicyclic) bond motifs is 1. The fraction of sp³-hybridized carbons (Fsp3) is 0.316. The molecule has 152 valence electrons. The predicted octanol–water partition coefficient (Wildman–Crippen LogP) is 4.66. The maximum absolute atomic E-state index is 14.3. The minimum absolute atomic E-state index is 0.0479. The number of nitrogens with zero attached hydrogens (tertiary/aromatic N) is 2. The van der Waals surface area contributed by atoms with Crippen LogP contribution in [0, 0.1) is 5.92 Å². The monoisotopic (exact) mass is 459 g/mol. The van der Waals surface area contributed by atoms with Crippen LogP contribution in [-0.2, 0) is 16.7 Å². The van der Waals surface area contributed by atoms with Crippen LogP contribution in [0.4, 0.5) is 8.78 Å². The molecule has 3 atom stereocenters. The van der Waals surface area contributed by atoms with Crippen LogP contribution < -0.4 is 5.73 Å². The summed E-state index contributed by atoms with van der Waals surface area (Å²) in [5.41, 5.74) is 4.38. The second-order valence-electron chi connectivity index (χ2n) is 6.97. The van der Waals surface area contributed by atoms with Crippen molar-refractivity contribution < 1.29 is 18.3 Å². The minimum atomic E-state index is -2.85. The molecule has 0 saturated heterocycles. The van der Waals surface area contributed by atoms with Crippen LogP contribution in [0.3, 0.4) is 0 Å². The lowest BCUT2D eigenvalue weighted by Gasteiger charge is -2.33. The Hall–Kier alpha value is -1.96. The number of aromatic nitrogens is 1. The van der Waals surface area contributed by atoms with Gasteiger partial charge >= 0.3 is 0 Å². The van der Waals surface area contributed by atoms with Crippen molar-refractivity contribution >= 4 is 46.6 Å². The summed E-state index contributed by atoms with van der Waals surface area (Å²) in [6.07, 6.45) is -1.66. The number of hydrogen-bond acceptors (Lipinski definition) is 5. The Labute approximate surface area is 179 Å². The maximum atomic E-state index is 14.3. The number of hydrogen-bond donors (Lipinski definition) is 1. The van der Waals surface area contributed by atoms with E-state index in [-0.39, 0.29) is 39.5 Å². The molecule has 2 aromatic rings. The van der Waals surface area contributed by atoms with Gasteiger partial charge in [0.05, 0.1) is 10.0 Å². The number of ketones is 1. The Morgan fingerprint density at radius 2 is 2.03 bits per heavy atom. The standard InChI is InChI=1S/C19H14Cl3F2N3O2/c20-9-5-13(22)16(26-7-9)14(28)4-8-1-2-12(21)10(3-8)19(17(23)24)11-6-15(11)29-18(25)27-19/h1-3,5,7,11,15,17H,4,6H2,(H2,25,27)/t11-,15+,19+/m0/s1. The number of amidine groups is 1. The van der Waals surface area contributed by atoms with Crippen LogP contribution >= 0.6 is 34.8 Å². The second-order valence-corrected chi connectivity index (χ2v) is 8.22. The van der Waals surface area contributed by atoms with Gasteiger partial charge in [0.2, 0.25) is 0 Å². The topological polar surface area (TPSA) is 77.6 Å². The van der Waals surface area contributed by atoms with E-state index in [4.69, 9.17) is 45.3 Å². The summed E-state index contributed by atoms with van der Waals surface area (Å²) < 4.78 is 33.8. The molecule has 0 radical (unpaired) electrons. The third-order valence-electron chi connectivity index (χ3n) is 5.10. The van der Waals surface area contributed by atoms with Crippen LogP contribution in [0.15, 0.2) is 35.5 Å². The molecule has 2 heterocycles. The Kier molecular flexibility index (Phi) is 5.17. The van der Waals surface area contributed by atoms with Crippen LogP contribution in [0.5, 0.6) is 0 Å².